The van der Waals surface area contributed by atoms with E-state index >= 15 is 0 Å². The van der Waals surface area contributed by atoms with E-state index in [-0.39, 0.29) is 5.97 Å². The molecule has 4 nitrogen and oxygen atoms in total. The second kappa shape index (κ2) is 9.48. The van der Waals surface area contributed by atoms with Gasteiger partial charge in [0.2, 0.25) is 0 Å². The molecule has 0 heterocycles. The van der Waals surface area contributed by atoms with E-state index in [1.165, 1.54) is 0 Å². The summed E-state index contributed by atoms with van der Waals surface area (Å²) < 4.78 is 10.9. The number of rotatable bonds is 8. The molecule has 1 unspecified atom stereocenters. The molecule has 0 fully saturated rings. The standard InChI is InChI=1S/C21H23NO3/c1-3-5-6-20(21(23)24-4-2)25-19-13-11-18(12-14-19)17-9-7-16(15-22)8-10-17/h7-14,20H,3-6H2,1-2H3. The molecule has 2 aromatic carbocycles. The van der Waals surface area contributed by atoms with Crippen LogP contribution in [0.25, 0.3) is 11.1 Å². The molecule has 0 aliphatic carbocycles. The summed E-state index contributed by atoms with van der Waals surface area (Å²) in [5.41, 5.74) is 2.69. The van der Waals surface area contributed by atoms with Gasteiger partial charge in [0, 0.05) is 0 Å². The summed E-state index contributed by atoms with van der Waals surface area (Å²) in [4.78, 5) is 12.0. The quantitative estimate of drug-likeness (QED) is 0.654. The third-order valence-electron chi connectivity index (χ3n) is 3.85. The summed E-state index contributed by atoms with van der Waals surface area (Å²) in [6.07, 6.45) is 1.98. The van der Waals surface area contributed by atoms with Crippen molar-refractivity contribution in [2.24, 2.45) is 0 Å². The zero-order chi connectivity index (χ0) is 18.1. The maximum Gasteiger partial charge on any atom is 0.347 e. The van der Waals surface area contributed by atoms with Crippen LogP contribution in [0.3, 0.4) is 0 Å². The van der Waals surface area contributed by atoms with Crippen LogP contribution in [0.5, 0.6) is 5.75 Å². The molecule has 0 radical (unpaired) electrons. The van der Waals surface area contributed by atoms with Gasteiger partial charge in [-0.25, -0.2) is 4.79 Å². The van der Waals surface area contributed by atoms with Crippen LogP contribution >= 0.6 is 0 Å². The molecule has 2 rings (SSSR count). The zero-order valence-corrected chi connectivity index (χ0v) is 14.7. The maximum atomic E-state index is 12.0. The van der Waals surface area contributed by atoms with Crippen LogP contribution in [0, 0.1) is 11.3 Å². The predicted octanol–water partition coefficient (Wildman–Crippen LogP) is 4.73. The van der Waals surface area contributed by atoms with Crippen LogP contribution in [-0.4, -0.2) is 18.7 Å². The first-order valence-electron chi connectivity index (χ1n) is 8.61. The number of hydrogen-bond acceptors (Lipinski definition) is 4. The molecular formula is C21H23NO3. The van der Waals surface area contributed by atoms with Gasteiger partial charge >= 0.3 is 5.97 Å². The topological polar surface area (TPSA) is 59.3 Å². The Morgan fingerprint density at radius 2 is 1.64 bits per heavy atom. The van der Waals surface area contributed by atoms with Crippen molar-refractivity contribution in [1.82, 2.24) is 0 Å². The summed E-state index contributed by atoms with van der Waals surface area (Å²) in [6.45, 7) is 4.22. The molecule has 2 aromatic rings. The molecule has 0 spiro atoms. The molecule has 1 atom stereocenters. The van der Waals surface area contributed by atoms with E-state index < -0.39 is 6.10 Å². The van der Waals surface area contributed by atoms with Crippen molar-refractivity contribution < 1.29 is 14.3 Å². The highest BCUT2D eigenvalue weighted by Crippen LogP contribution is 2.24. The zero-order valence-electron chi connectivity index (χ0n) is 14.7. The van der Waals surface area contributed by atoms with E-state index in [1.54, 1.807) is 19.1 Å². The van der Waals surface area contributed by atoms with Crippen molar-refractivity contribution in [2.45, 2.75) is 39.2 Å². The average Bonchev–Trinajstić information content (AvgIpc) is 2.66. The Bertz CT molecular complexity index is 714. The molecule has 0 N–H and O–H groups in total. The number of carbonyl (C=O) groups excluding carboxylic acids is 1. The SMILES string of the molecule is CCCCC(Oc1ccc(-c2ccc(C#N)cc2)cc1)C(=O)OCC. The van der Waals surface area contributed by atoms with Crippen LogP contribution in [-0.2, 0) is 9.53 Å². The van der Waals surface area contributed by atoms with Crippen LogP contribution in [0.2, 0.25) is 0 Å². The highest BCUT2D eigenvalue weighted by atomic mass is 16.6. The van der Waals surface area contributed by atoms with Gasteiger partial charge in [0.25, 0.3) is 0 Å². The van der Waals surface area contributed by atoms with Crippen LogP contribution in [0.4, 0.5) is 0 Å². The van der Waals surface area contributed by atoms with Crippen LogP contribution in [0.1, 0.15) is 38.7 Å². The van der Waals surface area contributed by atoms with Gasteiger partial charge in [-0.1, -0.05) is 37.6 Å². The van der Waals surface area contributed by atoms with E-state index in [1.807, 2.05) is 36.4 Å². The fraction of sp³-hybridized carbons (Fsp3) is 0.333. The summed E-state index contributed by atoms with van der Waals surface area (Å²) in [6, 6.07) is 17.1. The molecule has 0 aliphatic rings. The van der Waals surface area contributed by atoms with Crippen molar-refractivity contribution in [3.05, 3.63) is 54.1 Å². The largest absolute Gasteiger partial charge is 0.479 e. The lowest BCUT2D eigenvalue weighted by molar-refractivity contribution is -0.151. The van der Waals surface area contributed by atoms with E-state index in [0.29, 0.717) is 24.3 Å². The van der Waals surface area contributed by atoms with Crippen molar-refractivity contribution in [3.63, 3.8) is 0 Å². The highest BCUT2D eigenvalue weighted by Gasteiger charge is 2.21. The number of hydrogen-bond donors (Lipinski definition) is 0. The van der Waals surface area contributed by atoms with E-state index in [0.717, 1.165) is 24.0 Å². The Hall–Kier alpha value is -2.80. The fourth-order valence-electron chi connectivity index (χ4n) is 2.48. The Morgan fingerprint density at radius 3 is 2.16 bits per heavy atom. The summed E-state index contributed by atoms with van der Waals surface area (Å²) in [5.74, 6) is 0.332. The first-order valence-corrected chi connectivity index (χ1v) is 8.61. The van der Waals surface area contributed by atoms with Crippen molar-refractivity contribution in [3.8, 4) is 22.9 Å². The predicted molar refractivity (Wildman–Crippen MR) is 97.2 cm³/mol. The minimum Gasteiger partial charge on any atom is -0.479 e. The van der Waals surface area contributed by atoms with Crippen molar-refractivity contribution >= 4 is 5.97 Å². The highest BCUT2D eigenvalue weighted by molar-refractivity contribution is 5.75. The van der Waals surface area contributed by atoms with E-state index in [9.17, 15) is 4.79 Å². The lowest BCUT2D eigenvalue weighted by atomic mass is 10.0. The van der Waals surface area contributed by atoms with Gasteiger partial charge < -0.3 is 9.47 Å². The van der Waals surface area contributed by atoms with Crippen LogP contribution in [0.15, 0.2) is 48.5 Å². The Labute approximate surface area is 149 Å². The van der Waals surface area contributed by atoms with Gasteiger partial charge in [0.15, 0.2) is 6.10 Å². The molecule has 0 amide bonds. The Morgan fingerprint density at radius 1 is 1.04 bits per heavy atom. The average molecular weight is 337 g/mol. The first kappa shape index (κ1) is 18.5. The number of unbranched alkanes of at least 4 members (excludes halogenated alkanes) is 1. The summed E-state index contributed by atoms with van der Waals surface area (Å²) in [7, 11) is 0. The number of nitriles is 1. The van der Waals surface area contributed by atoms with E-state index in [2.05, 4.69) is 13.0 Å². The number of ether oxygens (including phenoxy) is 2. The lowest BCUT2D eigenvalue weighted by Gasteiger charge is -2.17. The number of esters is 1. The minimum absolute atomic E-state index is 0.313. The molecule has 0 aromatic heterocycles. The molecule has 0 aliphatic heterocycles. The normalized spacial score (nSPS) is 11.4. The second-order valence-corrected chi connectivity index (χ2v) is 5.71. The fourth-order valence-corrected chi connectivity index (χ4v) is 2.48. The van der Waals surface area contributed by atoms with Gasteiger partial charge in [-0.2, -0.15) is 5.26 Å². The number of benzene rings is 2. The summed E-state index contributed by atoms with van der Waals surface area (Å²) in [5, 5.41) is 8.86. The molecule has 0 saturated heterocycles. The Kier molecular flexibility index (Phi) is 7.03. The molecular weight excluding hydrogens is 314 g/mol. The van der Waals surface area contributed by atoms with Crippen molar-refractivity contribution in [1.29, 1.82) is 5.26 Å². The van der Waals surface area contributed by atoms with Crippen LogP contribution < -0.4 is 4.74 Å². The van der Waals surface area contributed by atoms with Gasteiger partial charge in [-0.15, -0.1) is 0 Å². The third-order valence-corrected chi connectivity index (χ3v) is 3.85. The van der Waals surface area contributed by atoms with Gasteiger partial charge in [-0.3, -0.25) is 0 Å². The summed E-state index contributed by atoms with van der Waals surface area (Å²) >= 11 is 0. The molecule has 4 heteroatoms. The maximum absolute atomic E-state index is 12.0. The second-order valence-electron chi connectivity index (χ2n) is 5.71. The first-order chi connectivity index (χ1) is 12.2. The smallest absolute Gasteiger partial charge is 0.347 e. The van der Waals surface area contributed by atoms with Gasteiger partial charge in [0.05, 0.1) is 18.2 Å². The van der Waals surface area contributed by atoms with Crippen molar-refractivity contribution in [2.75, 3.05) is 6.61 Å². The van der Waals surface area contributed by atoms with Gasteiger partial charge in [0.1, 0.15) is 5.75 Å². The minimum atomic E-state index is -0.569. The monoisotopic (exact) mass is 337 g/mol. The third kappa shape index (κ3) is 5.36. The molecule has 25 heavy (non-hydrogen) atoms. The molecule has 0 saturated carbocycles. The molecule has 0 bridgehead atoms. The number of carbonyl (C=O) groups is 1. The lowest BCUT2D eigenvalue weighted by Crippen LogP contribution is -2.29. The Balaban J connectivity index is 2.08. The van der Waals surface area contributed by atoms with Gasteiger partial charge in [-0.05, 0) is 55.2 Å². The van der Waals surface area contributed by atoms with E-state index in [4.69, 9.17) is 14.7 Å². The number of nitrogens with zero attached hydrogens (tertiary/aromatic N) is 1. The molecule has 130 valence electrons.